The van der Waals surface area contributed by atoms with E-state index in [-0.39, 0.29) is 17.6 Å². The Kier molecular flexibility index (Phi) is 6.27. The van der Waals surface area contributed by atoms with E-state index < -0.39 is 18.2 Å². The third-order valence-electron chi connectivity index (χ3n) is 4.26. The summed E-state index contributed by atoms with van der Waals surface area (Å²) in [6.45, 7) is 0.340. The van der Waals surface area contributed by atoms with Crippen molar-refractivity contribution < 1.29 is 32.6 Å². The van der Waals surface area contributed by atoms with E-state index in [2.05, 4.69) is 10.1 Å². The van der Waals surface area contributed by atoms with Crippen LogP contribution in [0.25, 0.3) is 0 Å². The van der Waals surface area contributed by atoms with Gasteiger partial charge in [0.25, 0.3) is 0 Å². The van der Waals surface area contributed by atoms with E-state index in [9.17, 15) is 22.8 Å². The molecule has 8 heteroatoms. The van der Waals surface area contributed by atoms with Gasteiger partial charge in [-0.1, -0.05) is 18.6 Å². The topological polar surface area (TPSA) is 75.6 Å². The molecule has 5 nitrogen and oxygen atoms in total. The van der Waals surface area contributed by atoms with Gasteiger partial charge in [0.15, 0.2) is 0 Å². The van der Waals surface area contributed by atoms with Crippen LogP contribution in [0.2, 0.25) is 0 Å². The lowest BCUT2D eigenvalue weighted by molar-refractivity contribution is -0.274. The normalized spacial score (nSPS) is 20.8. The Labute approximate surface area is 143 Å². The predicted molar refractivity (Wildman–Crippen MR) is 82.9 cm³/mol. The number of carbonyl (C=O) groups is 2. The van der Waals surface area contributed by atoms with Crippen molar-refractivity contribution in [2.75, 3.05) is 6.54 Å². The Morgan fingerprint density at radius 3 is 2.40 bits per heavy atom. The van der Waals surface area contributed by atoms with Crippen LogP contribution >= 0.6 is 0 Å². The lowest BCUT2D eigenvalue weighted by Crippen LogP contribution is -2.36. The van der Waals surface area contributed by atoms with Crippen molar-refractivity contribution in [1.29, 1.82) is 0 Å². The number of halogens is 3. The number of alkyl halides is 3. The number of rotatable bonds is 6. The van der Waals surface area contributed by atoms with Gasteiger partial charge >= 0.3 is 12.3 Å². The van der Waals surface area contributed by atoms with Crippen LogP contribution in [-0.2, 0) is 16.0 Å². The second-order valence-corrected chi connectivity index (χ2v) is 6.13. The predicted octanol–water partition coefficient (Wildman–Crippen LogP) is 3.13. The molecule has 0 aliphatic heterocycles. The largest absolute Gasteiger partial charge is 0.573 e. The molecule has 0 saturated heterocycles. The Balaban J connectivity index is 1.76. The van der Waals surface area contributed by atoms with E-state index >= 15 is 0 Å². The molecule has 1 saturated carbocycles. The van der Waals surface area contributed by atoms with E-state index in [1.807, 2.05) is 0 Å². The van der Waals surface area contributed by atoms with Crippen LogP contribution in [0.15, 0.2) is 24.3 Å². The Bertz CT molecular complexity index is 601. The molecule has 1 aliphatic rings. The first-order valence-corrected chi connectivity index (χ1v) is 8.10. The third-order valence-corrected chi connectivity index (χ3v) is 4.26. The molecule has 1 aromatic rings. The minimum atomic E-state index is -4.72. The lowest BCUT2D eigenvalue weighted by Gasteiger charge is -2.25. The number of hydrogen-bond acceptors (Lipinski definition) is 3. The van der Waals surface area contributed by atoms with Crippen molar-refractivity contribution >= 4 is 11.9 Å². The van der Waals surface area contributed by atoms with Crippen molar-refractivity contribution in [3.05, 3.63) is 29.8 Å². The maximum Gasteiger partial charge on any atom is 0.573 e. The zero-order valence-corrected chi connectivity index (χ0v) is 13.5. The fourth-order valence-electron chi connectivity index (χ4n) is 2.98. The second-order valence-electron chi connectivity index (χ2n) is 6.13. The van der Waals surface area contributed by atoms with Crippen LogP contribution < -0.4 is 10.1 Å². The molecule has 2 unspecified atom stereocenters. The molecule has 1 aliphatic carbocycles. The molecule has 2 atom stereocenters. The van der Waals surface area contributed by atoms with Gasteiger partial charge in [0.1, 0.15) is 5.75 Å². The summed E-state index contributed by atoms with van der Waals surface area (Å²) in [5, 5.41) is 11.8. The summed E-state index contributed by atoms with van der Waals surface area (Å²) in [6.07, 6.45) is -1.90. The highest BCUT2D eigenvalue weighted by Crippen LogP contribution is 2.29. The number of carbonyl (C=O) groups excluding carboxylic acids is 1. The minimum absolute atomic E-state index is 0.164. The number of carboxylic acids is 1. The average Bonchev–Trinajstić information content (AvgIpc) is 2.55. The maximum absolute atomic E-state index is 12.1. The molecule has 1 fully saturated rings. The number of nitrogens with one attached hydrogen (secondary N) is 1. The number of hydrogen-bond donors (Lipinski definition) is 2. The molecule has 0 radical (unpaired) electrons. The smallest absolute Gasteiger partial charge is 0.481 e. The standard InChI is InChI=1S/C17H20F3NO4/c18-17(19,20)25-14-6-4-11(5-7-14)8-9-21-15(22)12-2-1-3-13(10-12)16(23)24/h4-7,12-13H,1-3,8-10H2,(H,21,22)(H,23,24). The highest BCUT2D eigenvalue weighted by atomic mass is 19.4. The van der Waals surface area contributed by atoms with Crippen LogP contribution in [0.1, 0.15) is 31.2 Å². The van der Waals surface area contributed by atoms with E-state index in [1.165, 1.54) is 24.3 Å². The third kappa shape index (κ3) is 6.28. The molecule has 138 valence electrons. The quantitative estimate of drug-likeness (QED) is 0.818. The average molecular weight is 359 g/mol. The minimum Gasteiger partial charge on any atom is -0.481 e. The Morgan fingerprint density at radius 1 is 1.16 bits per heavy atom. The summed E-state index contributed by atoms with van der Waals surface area (Å²) in [5.74, 6) is -2.08. The number of amides is 1. The summed E-state index contributed by atoms with van der Waals surface area (Å²) in [7, 11) is 0. The summed E-state index contributed by atoms with van der Waals surface area (Å²) < 4.78 is 40.0. The molecular weight excluding hydrogens is 339 g/mol. The molecule has 0 bridgehead atoms. The number of benzene rings is 1. The lowest BCUT2D eigenvalue weighted by atomic mass is 9.81. The van der Waals surface area contributed by atoms with Crippen LogP contribution in [-0.4, -0.2) is 29.9 Å². The SMILES string of the molecule is O=C(O)C1CCCC(C(=O)NCCc2ccc(OC(F)(F)F)cc2)C1. The van der Waals surface area contributed by atoms with E-state index in [1.54, 1.807) is 0 Å². The highest BCUT2D eigenvalue weighted by molar-refractivity contribution is 5.80. The highest BCUT2D eigenvalue weighted by Gasteiger charge is 2.31. The van der Waals surface area contributed by atoms with E-state index in [4.69, 9.17) is 5.11 Å². The zero-order chi connectivity index (χ0) is 18.4. The number of aliphatic carboxylic acids is 1. The molecule has 0 aromatic heterocycles. The molecule has 1 amide bonds. The Morgan fingerprint density at radius 2 is 1.80 bits per heavy atom. The summed E-state index contributed by atoms with van der Waals surface area (Å²) in [6, 6.07) is 5.47. The fraction of sp³-hybridized carbons (Fsp3) is 0.529. The maximum atomic E-state index is 12.1. The molecule has 25 heavy (non-hydrogen) atoms. The van der Waals surface area contributed by atoms with Gasteiger partial charge in [-0.25, -0.2) is 0 Å². The molecule has 1 aromatic carbocycles. The van der Waals surface area contributed by atoms with Gasteiger partial charge in [-0.3, -0.25) is 9.59 Å². The monoisotopic (exact) mass is 359 g/mol. The van der Waals surface area contributed by atoms with Crippen molar-refractivity contribution in [2.24, 2.45) is 11.8 Å². The summed E-state index contributed by atoms with van der Waals surface area (Å²) in [5.41, 5.74) is 0.766. The van der Waals surface area contributed by atoms with Gasteiger partial charge in [-0.2, -0.15) is 0 Å². The van der Waals surface area contributed by atoms with Crippen LogP contribution in [0.4, 0.5) is 13.2 Å². The van der Waals surface area contributed by atoms with Crippen molar-refractivity contribution in [3.8, 4) is 5.75 Å². The molecule has 0 heterocycles. The molecule has 0 spiro atoms. The van der Waals surface area contributed by atoms with Gasteiger partial charge in [0, 0.05) is 12.5 Å². The van der Waals surface area contributed by atoms with Crippen LogP contribution in [0.5, 0.6) is 5.75 Å². The zero-order valence-electron chi connectivity index (χ0n) is 13.5. The first-order valence-electron chi connectivity index (χ1n) is 8.10. The first-order chi connectivity index (χ1) is 11.7. The first kappa shape index (κ1) is 19.1. The summed E-state index contributed by atoms with van der Waals surface area (Å²) >= 11 is 0. The number of ether oxygens (including phenoxy) is 1. The van der Waals surface area contributed by atoms with Gasteiger partial charge in [0.2, 0.25) is 5.91 Å². The van der Waals surface area contributed by atoms with E-state index in [0.29, 0.717) is 32.2 Å². The van der Waals surface area contributed by atoms with Crippen LogP contribution in [0, 0.1) is 11.8 Å². The van der Waals surface area contributed by atoms with Crippen molar-refractivity contribution in [3.63, 3.8) is 0 Å². The van der Waals surface area contributed by atoms with Gasteiger partial charge in [-0.05, 0) is 43.4 Å². The number of carboxylic acid groups (broad SMARTS) is 1. The van der Waals surface area contributed by atoms with Crippen molar-refractivity contribution in [1.82, 2.24) is 5.32 Å². The second kappa shape index (κ2) is 8.22. The van der Waals surface area contributed by atoms with Crippen molar-refractivity contribution in [2.45, 2.75) is 38.5 Å². The Hall–Kier alpha value is -2.25. The van der Waals surface area contributed by atoms with Crippen LogP contribution in [0.3, 0.4) is 0 Å². The molecule has 2 rings (SSSR count). The summed E-state index contributed by atoms with van der Waals surface area (Å²) in [4.78, 5) is 23.1. The van der Waals surface area contributed by atoms with E-state index in [0.717, 1.165) is 12.0 Å². The molecule has 2 N–H and O–H groups in total. The molecular formula is C17H20F3NO4. The van der Waals surface area contributed by atoms with Gasteiger partial charge < -0.3 is 15.2 Å². The van der Waals surface area contributed by atoms with Gasteiger partial charge in [-0.15, -0.1) is 13.2 Å². The van der Waals surface area contributed by atoms with Gasteiger partial charge in [0.05, 0.1) is 5.92 Å². The fourth-order valence-corrected chi connectivity index (χ4v) is 2.98.